The van der Waals surface area contributed by atoms with Gasteiger partial charge in [0.25, 0.3) is 0 Å². The van der Waals surface area contributed by atoms with E-state index in [1.807, 2.05) is 26.0 Å². The van der Waals surface area contributed by atoms with Crippen molar-refractivity contribution >= 4 is 22.5 Å². The van der Waals surface area contributed by atoms with Crippen LogP contribution >= 0.6 is 11.6 Å². The zero-order chi connectivity index (χ0) is 19.5. The van der Waals surface area contributed by atoms with E-state index in [2.05, 4.69) is 29.9 Å². The monoisotopic (exact) mass is 382 g/mol. The van der Waals surface area contributed by atoms with Crippen molar-refractivity contribution in [1.29, 1.82) is 0 Å². The molecule has 0 fully saturated rings. The molecule has 2 heterocycles. The fourth-order valence-electron chi connectivity index (χ4n) is 2.60. The minimum absolute atomic E-state index is 0.00887. The fraction of sp³-hybridized carbons (Fsp3) is 0.350. The summed E-state index contributed by atoms with van der Waals surface area (Å²) in [6.45, 7) is 8.19. The van der Waals surface area contributed by atoms with Crippen LogP contribution in [0.2, 0.25) is 5.02 Å². The molecule has 2 aromatic heterocycles. The van der Waals surface area contributed by atoms with Crippen LogP contribution in [0.4, 0.5) is 13.2 Å². The predicted octanol–water partition coefficient (Wildman–Crippen LogP) is 7.14. The fourth-order valence-corrected chi connectivity index (χ4v) is 2.88. The van der Waals surface area contributed by atoms with Crippen LogP contribution in [0.1, 0.15) is 45.0 Å². The third-order valence-corrected chi connectivity index (χ3v) is 4.18. The van der Waals surface area contributed by atoms with Crippen molar-refractivity contribution in [3.63, 3.8) is 0 Å². The number of pyridine rings is 1. The molecular weight excluding hydrogens is 361 g/mol. The van der Waals surface area contributed by atoms with E-state index in [-0.39, 0.29) is 5.69 Å². The highest BCUT2D eigenvalue weighted by atomic mass is 35.5. The number of nitrogens with zero attached hydrogens (tertiary/aromatic N) is 1. The van der Waals surface area contributed by atoms with Crippen LogP contribution in [0, 0.1) is 0 Å². The topological polar surface area (TPSA) is 28.7 Å². The summed E-state index contributed by atoms with van der Waals surface area (Å²) in [5, 5.41) is 1.55. The number of alkyl halides is 3. The van der Waals surface area contributed by atoms with Crippen LogP contribution in [0.15, 0.2) is 36.5 Å². The Morgan fingerprint density at radius 2 is 1.81 bits per heavy atom. The van der Waals surface area contributed by atoms with Crippen molar-refractivity contribution in [3.05, 3.63) is 52.9 Å². The second kappa shape index (κ2) is 8.12. The maximum Gasteiger partial charge on any atom is 0.394 e. The molecule has 0 spiro atoms. The number of halogens is 4. The standard InChI is InChI=1S/C18H16ClF3N2.C2H6/c1-10(2)16-6-12-5-15(19)14(7-17(12)24-16)11-3-4-13(23-9-11)8-18(20,21)22;1-2/h3-7,9-10,24H,8H2,1-2H3;1-2H3. The first kappa shape index (κ1) is 20.3. The molecular formula is C20H22ClF3N2. The minimum atomic E-state index is -4.26. The summed E-state index contributed by atoms with van der Waals surface area (Å²) >= 11 is 6.35. The highest BCUT2D eigenvalue weighted by molar-refractivity contribution is 6.34. The van der Waals surface area contributed by atoms with E-state index in [1.54, 1.807) is 6.07 Å². The van der Waals surface area contributed by atoms with Crippen LogP contribution in [0.25, 0.3) is 22.0 Å². The summed E-state index contributed by atoms with van der Waals surface area (Å²) in [6, 6.07) is 8.83. The van der Waals surface area contributed by atoms with Gasteiger partial charge in [-0.25, -0.2) is 0 Å². The highest BCUT2D eigenvalue weighted by Gasteiger charge is 2.28. The Kier molecular flexibility index (Phi) is 6.34. The van der Waals surface area contributed by atoms with Gasteiger partial charge < -0.3 is 4.98 Å². The molecule has 2 nitrogen and oxygen atoms in total. The zero-order valence-electron chi connectivity index (χ0n) is 15.2. The summed E-state index contributed by atoms with van der Waals surface area (Å²) in [7, 11) is 0. The van der Waals surface area contributed by atoms with E-state index in [0.717, 1.165) is 22.2 Å². The van der Waals surface area contributed by atoms with Gasteiger partial charge in [0.1, 0.15) is 0 Å². The van der Waals surface area contributed by atoms with Gasteiger partial charge >= 0.3 is 6.18 Å². The molecule has 0 saturated heterocycles. The molecule has 0 unspecified atom stereocenters. The quantitative estimate of drug-likeness (QED) is 0.512. The Labute approximate surface area is 156 Å². The largest absolute Gasteiger partial charge is 0.394 e. The normalized spacial score (nSPS) is 11.6. The number of benzene rings is 1. The zero-order valence-corrected chi connectivity index (χ0v) is 16.0. The molecule has 140 valence electrons. The Bertz CT molecular complexity index is 865. The third-order valence-electron chi connectivity index (χ3n) is 3.87. The van der Waals surface area contributed by atoms with E-state index >= 15 is 0 Å². The van der Waals surface area contributed by atoms with Crippen molar-refractivity contribution in [2.45, 2.75) is 46.2 Å². The van der Waals surface area contributed by atoms with E-state index in [1.165, 1.54) is 12.3 Å². The predicted molar refractivity (Wildman–Crippen MR) is 102 cm³/mol. The van der Waals surface area contributed by atoms with Crippen molar-refractivity contribution in [3.8, 4) is 11.1 Å². The van der Waals surface area contributed by atoms with Gasteiger partial charge in [0.2, 0.25) is 0 Å². The molecule has 0 saturated carbocycles. The highest BCUT2D eigenvalue weighted by Crippen LogP contribution is 2.33. The van der Waals surface area contributed by atoms with Gasteiger partial charge in [-0.2, -0.15) is 13.2 Å². The second-order valence-electron chi connectivity index (χ2n) is 6.13. The van der Waals surface area contributed by atoms with E-state index in [0.29, 0.717) is 16.5 Å². The maximum absolute atomic E-state index is 12.4. The molecule has 3 aromatic rings. The van der Waals surface area contributed by atoms with E-state index in [9.17, 15) is 13.2 Å². The molecule has 26 heavy (non-hydrogen) atoms. The van der Waals surface area contributed by atoms with Gasteiger partial charge in [-0.15, -0.1) is 0 Å². The van der Waals surface area contributed by atoms with Gasteiger partial charge in [0.15, 0.2) is 0 Å². The summed E-state index contributed by atoms with van der Waals surface area (Å²) < 4.78 is 37.2. The first-order valence-electron chi connectivity index (χ1n) is 8.57. The lowest BCUT2D eigenvalue weighted by Gasteiger charge is -2.08. The number of aromatic amines is 1. The average molecular weight is 383 g/mol. The molecule has 3 rings (SSSR count). The molecule has 0 amide bonds. The summed E-state index contributed by atoms with van der Waals surface area (Å²) in [5.41, 5.74) is 3.47. The molecule has 0 radical (unpaired) electrons. The minimum Gasteiger partial charge on any atom is -0.358 e. The lowest BCUT2D eigenvalue weighted by atomic mass is 10.0. The molecule has 0 aliphatic heterocycles. The molecule has 0 aliphatic carbocycles. The van der Waals surface area contributed by atoms with Crippen LogP contribution in [0.3, 0.4) is 0 Å². The van der Waals surface area contributed by atoms with E-state index in [4.69, 9.17) is 11.6 Å². The average Bonchev–Trinajstić information content (AvgIpc) is 2.98. The lowest BCUT2D eigenvalue weighted by molar-refractivity contribution is -0.127. The molecule has 0 aliphatic rings. The van der Waals surface area contributed by atoms with Crippen molar-refractivity contribution < 1.29 is 13.2 Å². The number of fused-ring (bicyclic) bond motifs is 1. The number of H-pyrrole nitrogens is 1. The van der Waals surface area contributed by atoms with Crippen molar-refractivity contribution in [2.24, 2.45) is 0 Å². The smallest absolute Gasteiger partial charge is 0.358 e. The van der Waals surface area contributed by atoms with Crippen LogP contribution in [0.5, 0.6) is 0 Å². The Hall–Kier alpha value is -2.01. The number of nitrogens with one attached hydrogen (secondary N) is 1. The van der Waals surface area contributed by atoms with Crippen LogP contribution in [-0.4, -0.2) is 16.1 Å². The molecule has 1 N–H and O–H groups in total. The number of aromatic nitrogens is 2. The van der Waals surface area contributed by atoms with Gasteiger partial charge in [-0.05, 0) is 30.2 Å². The molecule has 6 heteroatoms. The number of hydrogen-bond acceptors (Lipinski definition) is 1. The lowest BCUT2D eigenvalue weighted by Crippen LogP contribution is -2.12. The molecule has 0 bridgehead atoms. The Morgan fingerprint density at radius 3 is 2.35 bits per heavy atom. The Morgan fingerprint density at radius 1 is 1.12 bits per heavy atom. The van der Waals surface area contributed by atoms with Crippen LogP contribution in [-0.2, 0) is 6.42 Å². The van der Waals surface area contributed by atoms with Gasteiger partial charge in [0, 0.05) is 44.6 Å². The summed E-state index contributed by atoms with van der Waals surface area (Å²) in [5.74, 6) is 0.364. The number of hydrogen-bond donors (Lipinski definition) is 1. The molecule has 0 atom stereocenters. The Balaban J connectivity index is 0.00000117. The van der Waals surface area contributed by atoms with Crippen molar-refractivity contribution in [2.75, 3.05) is 0 Å². The summed E-state index contributed by atoms with van der Waals surface area (Å²) in [4.78, 5) is 7.25. The maximum atomic E-state index is 12.4. The van der Waals surface area contributed by atoms with Crippen LogP contribution < -0.4 is 0 Å². The summed E-state index contributed by atoms with van der Waals surface area (Å²) in [6.07, 6.45) is -3.86. The second-order valence-corrected chi connectivity index (χ2v) is 6.54. The number of rotatable bonds is 3. The first-order chi connectivity index (χ1) is 12.2. The first-order valence-corrected chi connectivity index (χ1v) is 8.95. The van der Waals surface area contributed by atoms with Gasteiger partial charge in [-0.3, -0.25) is 4.98 Å². The SMILES string of the molecule is CC.CC(C)c1cc2cc(Cl)c(-c3ccc(CC(F)(F)F)nc3)cc2[nH]1. The van der Waals surface area contributed by atoms with Crippen molar-refractivity contribution in [1.82, 2.24) is 9.97 Å². The van der Waals surface area contributed by atoms with E-state index < -0.39 is 12.6 Å². The third kappa shape index (κ3) is 4.79. The van der Waals surface area contributed by atoms with Gasteiger partial charge in [-0.1, -0.05) is 45.4 Å². The molecule has 1 aromatic carbocycles. The van der Waals surface area contributed by atoms with Gasteiger partial charge in [0.05, 0.1) is 6.42 Å².